The van der Waals surface area contributed by atoms with Crippen molar-refractivity contribution in [1.29, 1.82) is 0 Å². The van der Waals surface area contributed by atoms with Crippen LogP contribution in [0.2, 0.25) is 0 Å². The summed E-state index contributed by atoms with van der Waals surface area (Å²) < 4.78 is 21.8. The summed E-state index contributed by atoms with van der Waals surface area (Å²) in [5.41, 5.74) is 0.756. The van der Waals surface area contributed by atoms with E-state index in [1.165, 1.54) is 0 Å². The number of carbonyl (C=O) groups excluding carboxylic acids is 2. The molecule has 0 radical (unpaired) electrons. The van der Waals surface area contributed by atoms with Crippen LogP contribution in [-0.4, -0.2) is 38.4 Å². The van der Waals surface area contributed by atoms with Crippen molar-refractivity contribution in [2.24, 2.45) is 0 Å². The summed E-state index contributed by atoms with van der Waals surface area (Å²) >= 11 is 3.39. The zero-order valence-electron chi connectivity index (χ0n) is 15.9. The van der Waals surface area contributed by atoms with Crippen molar-refractivity contribution in [3.8, 4) is 11.5 Å². The van der Waals surface area contributed by atoms with Gasteiger partial charge in [-0.15, -0.1) is 0 Å². The van der Waals surface area contributed by atoms with Crippen molar-refractivity contribution >= 4 is 27.9 Å². The van der Waals surface area contributed by atoms with E-state index in [1.807, 2.05) is 13.8 Å². The number of carbonyl (C=O) groups is 2. The van der Waals surface area contributed by atoms with Crippen LogP contribution in [-0.2, 0) is 9.47 Å². The molecule has 0 aromatic heterocycles. The quantitative estimate of drug-likeness (QED) is 0.298. The molecule has 0 fully saturated rings. The van der Waals surface area contributed by atoms with E-state index < -0.39 is 11.9 Å². The van der Waals surface area contributed by atoms with Crippen LogP contribution in [0.3, 0.4) is 0 Å². The molecule has 2 aromatic rings. The van der Waals surface area contributed by atoms with Crippen LogP contribution >= 0.6 is 15.9 Å². The van der Waals surface area contributed by atoms with Gasteiger partial charge >= 0.3 is 11.9 Å². The van der Waals surface area contributed by atoms with Crippen molar-refractivity contribution in [3.63, 3.8) is 0 Å². The van der Waals surface area contributed by atoms with Crippen LogP contribution in [0.25, 0.3) is 0 Å². The predicted octanol–water partition coefficient (Wildman–Crippen LogP) is 4.65. The maximum Gasteiger partial charge on any atom is 0.343 e. The Labute approximate surface area is 172 Å². The fourth-order valence-electron chi connectivity index (χ4n) is 2.20. The molecule has 0 aliphatic heterocycles. The van der Waals surface area contributed by atoms with Crippen LogP contribution < -0.4 is 9.47 Å². The first-order valence-electron chi connectivity index (χ1n) is 9.04. The van der Waals surface area contributed by atoms with Gasteiger partial charge in [0.25, 0.3) is 0 Å². The lowest BCUT2D eigenvalue weighted by molar-refractivity contribution is 0.0335. The Morgan fingerprint density at radius 1 is 0.893 bits per heavy atom. The lowest BCUT2D eigenvalue weighted by Crippen LogP contribution is -2.11. The van der Waals surface area contributed by atoms with Crippen molar-refractivity contribution in [2.45, 2.75) is 20.3 Å². The predicted molar refractivity (Wildman–Crippen MR) is 108 cm³/mol. The zero-order chi connectivity index (χ0) is 20.4. The van der Waals surface area contributed by atoms with Crippen molar-refractivity contribution in [2.75, 3.05) is 26.4 Å². The third kappa shape index (κ3) is 6.65. The van der Waals surface area contributed by atoms with Crippen molar-refractivity contribution in [1.82, 2.24) is 0 Å². The van der Waals surface area contributed by atoms with Gasteiger partial charge in [-0.3, -0.25) is 0 Å². The normalized spacial score (nSPS) is 10.4. The molecular formula is C21H23BrO6. The average molecular weight is 451 g/mol. The fraction of sp³-hybridized carbons (Fsp3) is 0.333. The van der Waals surface area contributed by atoms with Gasteiger partial charge in [0.2, 0.25) is 0 Å². The van der Waals surface area contributed by atoms with E-state index in [9.17, 15) is 9.59 Å². The molecule has 150 valence electrons. The summed E-state index contributed by atoms with van der Waals surface area (Å²) in [7, 11) is 0. The van der Waals surface area contributed by atoms with Gasteiger partial charge < -0.3 is 18.9 Å². The Kier molecular flexibility index (Phi) is 8.97. The minimum atomic E-state index is -0.505. The minimum Gasteiger partial charge on any atom is -0.492 e. The van der Waals surface area contributed by atoms with Gasteiger partial charge in [0, 0.05) is 6.61 Å². The Balaban J connectivity index is 1.93. The summed E-state index contributed by atoms with van der Waals surface area (Å²) in [5.74, 6) is 0.0443. The Morgan fingerprint density at radius 3 is 2.25 bits per heavy atom. The first kappa shape index (κ1) is 21.9. The number of halogens is 1. The van der Waals surface area contributed by atoms with Crippen LogP contribution in [0, 0.1) is 0 Å². The Hall–Kier alpha value is -2.38. The summed E-state index contributed by atoms with van der Waals surface area (Å²) in [5, 5.41) is 0. The smallest absolute Gasteiger partial charge is 0.343 e. The van der Waals surface area contributed by atoms with E-state index in [0.717, 1.165) is 6.42 Å². The Bertz CT molecular complexity index is 788. The molecule has 7 heteroatoms. The van der Waals surface area contributed by atoms with Crippen LogP contribution in [0.5, 0.6) is 11.5 Å². The van der Waals surface area contributed by atoms with Crippen molar-refractivity contribution < 1.29 is 28.5 Å². The summed E-state index contributed by atoms with van der Waals surface area (Å²) in [6, 6.07) is 11.2. The summed E-state index contributed by atoms with van der Waals surface area (Å²) in [6.45, 7) is 5.61. The average Bonchev–Trinajstić information content (AvgIpc) is 2.70. The third-order valence-electron chi connectivity index (χ3n) is 3.59. The highest BCUT2D eigenvalue weighted by Gasteiger charge is 2.13. The minimum absolute atomic E-state index is 0.191. The van der Waals surface area contributed by atoms with Crippen LogP contribution in [0.1, 0.15) is 41.0 Å². The molecule has 6 nitrogen and oxygen atoms in total. The van der Waals surface area contributed by atoms with E-state index in [4.69, 9.17) is 18.9 Å². The van der Waals surface area contributed by atoms with Gasteiger partial charge in [0.1, 0.15) is 18.1 Å². The van der Waals surface area contributed by atoms with Gasteiger partial charge in [-0.2, -0.15) is 0 Å². The number of ether oxygens (including phenoxy) is 4. The highest BCUT2D eigenvalue weighted by Crippen LogP contribution is 2.27. The van der Waals surface area contributed by atoms with E-state index >= 15 is 0 Å². The summed E-state index contributed by atoms with van der Waals surface area (Å²) in [4.78, 5) is 24.2. The monoisotopic (exact) mass is 450 g/mol. The van der Waals surface area contributed by atoms with Gasteiger partial charge in [-0.1, -0.05) is 6.92 Å². The maximum atomic E-state index is 12.3. The molecular weight excluding hydrogens is 428 g/mol. The van der Waals surface area contributed by atoms with Crippen LogP contribution in [0.4, 0.5) is 0 Å². The molecule has 0 heterocycles. The largest absolute Gasteiger partial charge is 0.492 e. The molecule has 0 aliphatic carbocycles. The second-order valence-electron chi connectivity index (χ2n) is 5.74. The molecule has 0 aliphatic rings. The highest BCUT2D eigenvalue weighted by molar-refractivity contribution is 9.10. The van der Waals surface area contributed by atoms with Gasteiger partial charge in [0.05, 0.1) is 28.8 Å². The maximum absolute atomic E-state index is 12.3. The number of hydrogen-bond acceptors (Lipinski definition) is 6. The number of benzene rings is 2. The molecule has 0 spiro atoms. The lowest BCUT2D eigenvalue weighted by Gasteiger charge is -2.09. The van der Waals surface area contributed by atoms with E-state index in [2.05, 4.69) is 15.9 Å². The first-order valence-corrected chi connectivity index (χ1v) is 9.84. The van der Waals surface area contributed by atoms with Gasteiger partial charge in [0.15, 0.2) is 0 Å². The van der Waals surface area contributed by atoms with Crippen LogP contribution in [0.15, 0.2) is 46.9 Å². The fourth-order valence-corrected chi connectivity index (χ4v) is 2.70. The lowest BCUT2D eigenvalue weighted by atomic mass is 10.2. The second kappa shape index (κ2) is 11.5. The second-order valence-corrected chi connectivity index (χ2v) is 6.59. The number of esters is 2. The SMILES string of the molecule is CCCOc1ccc(C(=O)Oc2ccc(C(=O)OCCOCC)cc2)cc1Br. The molecule has 28 heavy (non-hydrogen) atoms. The molecule has 0 unspecified atom stereocenters. The molecule has 2 rings (SSSR count). The summed E-state index contributed by atoms with van der Waals surface area (Å²) in [6.07, 6.45) is 0.895. The molecule has 2 aromatic carbocycles. The molecule has 0 amide bonds. The molecule has 0 bridgehead atoms. The topological polar surface area (TPSA) is 71.1 Å². The van der Waals surface area contributed by atoms with Crippen molar-refractivity contribution in [3.05, 3.63) is 58.1 Å². The standard InChI is InChI=1S/C21H23BrO6/c1-3-11-26-19-10-7-16(14-18(19)22)21(24)28-17-8-5-15(6-9-17)20(23)27-13-12-25-4-2/h5-10,14H,3-4,11-13H2,1-2H3. The number of rotatable bonds is 10. The van der Waals surface area contributed by atoms with Gasteiger partial charge in [-0.25, -0.2) is 9.59 Å². The number of hydrogen-bond donors (Lipinski definition) is 0. The van der Waals surface area contributed by atoms with E-state index in [0.29, 0.717) is 46.9 Å². The first-order chi connectivity index (χ1) is 13.5. The Morgan fingerprint density at radius 2 is 1.61 bits per heavy atom. The molecule has 0 N–H and O–H groups in total. The highest BCUT2D eigenvalue weighted by atomic mass is 79.9. The van der Waals surface area contributed by atoms with E-state index in [-0.39, 0.29) is 6.61 Å². The van der Waals surface area contributed by atoms with E-state index in [1.54, 1.807) is 42.5 Å². The molecule has 0 saturated carbocycles. The molecule has 0 saturated heterocycles. The zero-order valence-corrected chi connectivity index (χ0v) is 17.5. The molecule has 0 atom stereocenters. The third-order valence-corrected chi connectivity index (χ3v) is 4.21. The van der Waals surface area contributed by atoms with Gasteiger partial charge in [-0.05, 0) is 71.7 Å².